The van der Waals surface area contributed by atoms with Crippen LogP contribution in [0.1, 0.15) is 24.8 Å². The average molecular weight is 362 g/mol. The fraction of sp³-hybridized carbons (Fsp3) is 0.389. The van der Waals surface area contributed by atoms with Crippen LogP contribution in [-0.4, -0.2) is 39.5 Å². The van der Waals surface area contributed by atoms with E-state index in [1.54, 1.807) is 24.0 Å². The van der Waals surface area contributed by atoms with E-state index in [9.17, 15) is 19.1 Å². The Bertz CT molecular complexity index is 775. The van der Waals surface area contributed by atoms with Gasteiger partial charge in [0.25, 0.3) is 0 Å². The Labute approximate surface area is 149 Å². The van der Waals surface area contributed by atoms with Gasteiger partial charge in [0.1, 0.15) is 10.8 Å². The number of thiazole rings is 1. The van der Waals surface area contributed by atoms with E-state index < -0.39 is 11.9 Å². The number of likely N-dealkylation sites (tertiary alicyclic amines) is 1. The van der Waals surface area contributed by atoms with E-state index in [1.807, 2.05) is 5.38 Å². The highest BCUT2D eigenvalue weighted by Gasteiger charge is 2.35. The van der Waals surface area contributed by atoms with Crippen molar-refractivity contribution in [2.75, 3.05) is 6.54 Å². The molecule has 1 aliphatic heterocycles. The summed E-state index contributed by atoms with van der Waals surface area (Å²) < 4.78 is 13.0. The first-order valence-electron chi connectivity index (χ1n) is 8.18. The number of halogens is 1. The summed E-state index contributed by atoms with van der Waals surface area (Å²) >= 11 is 1.38. The molecule has 132 valence electrons. The van der Waals surface area contributed by atoms with Crippen molar-refractivity contribution in [3.8, 4) is 11.3 Å². The fourth-order valence-corrected chi connectivity index (χ4v) is 4.00. The lowest BCUT2D eigenvalue weighted by Gasteiger charge is -2.37. The molecule has 1 amide bonds. The minimum absolute atomic E-state index is 0.0987. The van der Waals surface area contributed by atoms with Crippen molar-refractivity contribution >= 4 is 23.2 Å². The fourth-order valence-electron chi connectivity index (χ4n) is 3.20. The zero-order valence-electron chi connectivity index (χ0n) is 13.8. The summed E-state index contributed by atoms with van der Waals surface area (Å²) in [5.74, 6) is -1.76. The summed E-state index contributed by atoms with van der Waals surface area (Å²) in [6, 6.07) is 5.75. The van der Waals surface area contributed by atoms with Gasteiger partial charge in [-0.25, -0.2) is 9.37 Å². The second-order valence-electron chi connectivity index (χ2n) is 6.22. The van der Waals surface area contributed by atoms with Crippen LogP contribution in [0.25, 0.3) is 11.3 Å². The highest BCUT2D eigenvalue weighted by atomic mass is 32.1. The molecule has 0 saturated carbocycles. The number of carboxylic acids is 1. The summed E-state index contributed by atoms with van der Waals surface area (Å²) in [5.41, 5.74) is 1.51. The quantitative estimate of drug-likeness (QED) is 0.907. The molecule has 0 bridgehead atoms. The van der Waals surface area contributed by atoms with Crippen LogP contribution in [0.2, 0.25) is 0 Å². The van der Waals surface area contributed by atoms with E-state index in [0.717, 1.165) is 5.56 Å². The summed E-state index contributed by atoms with van der Waals surface area (Å²) in [4.78, 5) is 30.0. The first-order valence-corrected chi connectivity index (χ1v) is 9.06. The Morgan fingerprint density at radius 3 is 2.76 bits per heavy atom. The number of amides is 1. The predicted molar refractivity (Wildman–Crippen MR) is 92.7 cm³/mol. The third kappa shape index (κ3) is 3.87. The molecule has 1 aliphatic rings. The molecular formula is C18H19FN2O3S. The number of nitrogens with zero attached hydrogens (tertiary/aromatic N) is 2. The number of piperidine rings is 1. The Balaban J connectivity index is 1.69. The minimum Gasteiger partial charge on any atom is -0.481 e. The Morgan fingerprint density at radius 1 is 1.36 bits per heavy atom. The monoisotopic (exact) mass is 362 g/mol. The van der Waals surface area contributed by atoms with Gasteiger partial charge in [0, 0.05) is 23.5 Å². The van der Waals surface area contributed by atoms with Gasteiger partial charge in [-0.3, -0.25) is 9.59 Å². The van der Waals surface area contributed by atoms with Crippen LogP contribution in [0.4, 0.5) is 4.39 Å². The van der Waals surface area contributed by atoms with Crippen LogP contribution in [0.5, 0.6) is 0 Å². The number of carbonyl (C=O) groups excluding carboxylic acids is 1. The van der Waals surface area contributed by atoms with Crippen LogP contribution in [0.3, 0.4) is 0 Å². The van der Waals surface area contributed by atoms with Gasteiger partial charge in [-0.05, 0) is 44.0 Å². The maximum absolute atomic E-state index is 13.0. The zero-order chi connectivity index (χ0) is 18.0. The van der Waals surface area contributed by atoms with E-state index >= 15 is 0 Å². The molecule has 1 saturated heterocycles. The van der Waals surface area contributed by atoms with Crippen molar-refractivity contribution < 1.29 is 19.1 Å². The molecule has 5 nitrogen and oxygen atoms in total. The van der Waals surface area contributed by atoms with E-state index in [-0.39, 0.29) is 24.2 Å². The lowest BCUT2D eigenvalue weighted by Crippen LogP contribution is -2.49. The molecule has 2 aromatic rings. The van der Waals surface area contributed by atoms with E-state index in [2.05, 4.69) is 4.98 Å². The van der Waals surface area contributed by atoms with Crippen LogP contribution in [-0.2, 0) is 16.0 Å². The highest BCUT2D eigenvalue weighted by Crippen LogP contribution is 2.26. The number of hydrogen-bond donors (Lipinski definition) is 1. The molecule has 7 heteroatoms. The van der Waals surface area contributed by atoms with Crippen molar-refractivity contribution in [2.45, 2.75) is 32.2 Å². The van der Waals surface area contributed by atoms with E-state index in [0.29, 0.717) is 30.1 Å². The largest absolute Gasteiger partial charge is 0.481 e. The number of carbonyl (C=O) groups is 2. The number of hydrogen-bond acceptors (Lipinski definition) is 4. The standard InChI is InChI=1S/C18H19FN2O3S/c1-11-14(18(23)24)3-2-8-21(11)17(22)9-16-20-15(10-25-16)12-4-6-13(19)7-5-12/h4-7,10-11,14H,2-3,8-9H2,1H3,(H,23,24)/t11-,14-/m1/s1. The molecule has 2 heterocycles. The van der Waals surface area contributed by atoms with Gasteiger partial charge in [-0.2, -0.15) is 0 Å². The van der Waals surface area contributed by atoms with Crippen LogP contribution in [0.15, 0.2) is 29.6 Å². The molecule has 1 aromatic carbocycles. The lowest BCUT2D eigenvalue weighted by atomic mass is 9.90. The van der Waals surface area contributed by atoms with Gasteiger partial charge in [-0.15, -0.1) is 11.3 Å². The van der Waals surface area contributed by atoms with Gasteiger partial charge < -0.3 is 10.0 Å². The van der Waals surface area contributed by atoms with E-state index in [1.165, 1.54) is 23.5 Å². The molecule has 0 radical (unpaired) electrons. The zero-order valence-corrected chi connectivity index (χ0v) is 14.6. The topological polar surface area (TPSA) is 70.5 Å². The van der Waals surface area contributed by atoms with Gasteiger partial charge in [-0.1, -0.05) is 0 Å². The highest BCUT2D eigenvalue weighted by molar-refractivity contribution is 7.10. The van der Waals surface area contributed by atoms with Crippen molar-refractivity contribution in [1.82, 2.24) is 9.88 Å². The predicted octanol–water partition coefficient (Wildman–Crippen LogP) is 3.20. The van der Waals surface area contributed by atoms with Gasteiger partial charge in [0.2, 0.25) is 5.91 Å². The average Bonchev–Trinajstić information content (AvgIpc) is 3.03. The molecule has 1 N–H and O–H groups in total. The van der Waals surface area contributed by atoms with Crippen molar-refractivity contribution in [2.24, 2.45) is 5.92 Å². The number of aliphatic carboxylic acids is 1. The van der Waals surface area contributed by atoms with Gasteiger partial charge in [0.15, 0.2) is 0 Å². The molecule has 0 spiro atoms. The Kier molecular flexibility index (Phi) is 5.13. The number of aromatic nitrogens is 1. The summed E-state index contributed by atoms with van der Waals surface area (Å²) in [5, 5.41) is 11.8. The molecule has 3 rings (SSSR count). The Morgan fingerprint density at radius 2 is 2.08 bits per heavy atom. The van der Waals surface area contributed by atoms with E-state index in [4.69, 9.17) is 0 Å². The second kappa shape index (κ2) is 7.31. The molecule has 2 atom stereocenters. The van der Waals surface area contributed by atoms with Crippen molar-refractivity contribution in [1.29, 1.82) is 0 Å². The Hall–Kier alpha value is -2.28. The lowest BCUT2D eigenvalue weighted by molar-refractivity contribution is -0.148. The van der Waals surface area contributed by atoms with Gasteiger partial charge >= 0.3 is 5.97 Å². The summed E-state index contributed by atoms with van der Waals surface area (Å²) in [6.45, 7) is 2.38. The summed E-state index contributed by atoms with van der Waals surface area (Å²) in [6.07, 6.45) is 1.46. The number of benzene rings is 1. The minimum atomic E-state index is -0.849. The smallest absolute Gasteiger partial charge is 0.308 e. The normalized spacial score (nSPS) is 20.5. The maximum atomic E-state index is 13.0. The molecular weight excluding hydrogens is 343 g/mol. The second-order valence-corrected chi connectivity index (χ2v) is 7.17. The third-order valence-electron chi connectivity index (χ3n) is 4.62. The maximum Gasteiger partial charge on any atom is 0.308 e. The molecule has 0 unspecified atom stereocenters. The molecule has 0 aliphatic carbocycles. The molecule has 1 aromatic heterocycles. The van der Waals surface area contributed by atoms with Crippen LogP contribution < -0.4 is 0 Å². The van der Waals surface area contributed by atoms with Crippen LogP contribution in [0, 0.1) is 11.7 Å². The third-order valence-corrected chi connectivity index (χ3v) is 5.47. The molecule has 25 heavy (non-hydrogen) atoms. The first kappa shape index (κ1) is 17.5. The SMILES string of the molecule is C[C@@H]1[C@H](C(=O)O)CCCN1C(=O)Cc1nc(-c2ccc(F)cc2)cs1. The first-order chi connectivity index (χ1) is 12.0. The summed E-state index contributed by atoms with van der Waals surface area (Å²) in [7, 11) is 0. The van der Waals surface area contributed by atoms with Crippen LogP contribution >= 0.6 is 11.3 Å². The number of rotatable bonds is 4. The van der Waals surface area contributed by atoms with Crippen molar-refractivity contribution in [3.05, 3.63) is 40.5 Å². The van der Waals surface area contributed by atoms with Gasteiger partial charge in [0.05, 0.1) is 18.0 Å². The number of carboxylic acid groups (broad SMARTS) is 1. The molecule has 1 fully saturated rings. The van der Waals surface area contributed by atoms with Crippen molar-refractivity contribution in [3.63, 3.8) is 0 Å².